The van der Waals surface area contributed by atoms with Crippen LogP contribution in [0.1, 0.15) is 6.92 Å². The van der Waals surface area contributed by atoms with Crippen molar-refractivity contribution in [2.45, 2.75) is 50.2 Å². The van der Waals surface area contributed by atoms with Gasteiger partial charge in [-0.3, -0.25) is 0 Å². The molecule has 0 unspecified atom stereocenters. The predicted octanol–water partition coefficient (Wildman–Crippen LogP) is 3.80. The van der Waals surface area contributed by atoms with E-state index in [1.807, 2.05) is 0 Å². The molecular weight excluding hydrogens is 228 g/mol. The van der Waals surface area contributed by atoms with Gasteiger partial charge in [-0.1, -0.05) is 51.5 Å². The average molecular weight is 251 g/mol. The minimum absolute atomic E-state index is 0.0787. The summed E-state index contributed by atoms with van der Waals surface area (Å²) in [5.41, 5.74) is 0. The maximum absolute atomic E-state index is 5.42. The largest absolute Gasteiger partial charge is 0.174 e. The Balaban J connectivity index is 5.35. The van der Waals surface area contributed by atoms with Crippen molar-refractivity contribution in [3.05, 3.63) is 0 Å². The Morgan fingerprint density at radius 3 is 1.23 bits per heavy atom. The van der Waals surface area contributed by atoms with Crippen LogP contribution in [0.4, 0.5) is 0 Å². The van der Waals surface area contributed by atoms with Gasteiger partial charge in [0.2, 0.25) is 0 Å². The number of hydrogen-bond donors (Lipinski definition) is 1. The number of rotatable bonds is 3. The zero-order valence-corrected chi connectivity index (χ0v) is 13.6. The second-order valence-electron chi connectivity index (χ2n) is 5.77. The molecule has 0 aromatic rings. The van der Waals surface area contributed by atoms with E-state index in [1.54, 1.807) is 0 Å². The molecule has 0 N–H and O–H groups in total. The fraction of sp³-hybridized carbons (Fsp3) is 0.889. The van der Waals surface area contributed by atoms with Crippen LogP contribution >= 0.6 is 24.8 Å². The Morgan fingerprint density at radius 1 is 1.00 bits per heavy atom. The Kier molecular flexibility index (Phi) is 4.05. The highest BCUT2D eigenvalue weighted by molar-refractivity contribution is 7.92. The summed E-state index contributed by atoms with van der Waals surface area (Å²) in [5.74, 6) is 0. The van der Waals surface area contributed by atoms with Gasteiger partial charge in [0.15, 0.2) is 0 Å². The molecule has 0 aromatic carbocycles. The smallest absolute Gasteiger partial charge is 0.0649 e. The zero-order valence-electron chi connectivity index (χ0n) is 9.86. The molecule has 4 heteroatoms. The summed E-state index contributed by atoms with van der Waals surface area (Å²) in [7, 11) is -2.65. The van der Waals surface area contributed by atoms with E-state index < -0.39 is 16.1 Å². The van der Waals surface area contributed by atoms with Crippen LogP contribution in [0.25, 0.3) is 0 Å². The van der Waals surface area contributed by atoms with Gasteiger partial charge < -0.3 is 0 Å². The molecular formula is C9H22S2Si2. The number of thiocarbonyl (C=S) groups is 1. The summed E-state index contributed by atoms with van der Waals surface area (Å²) in [6, 6.07) is 0. The molecule has 0 nitrogen and oxygen atoms in total. The minimum atomic E-state index is -1.32. The molecule has 0 fully saturated rings. The van der Waals surface area contributed by atoms with E-state index in [0.717, 1.165) is 4.86 Å². The van der Waals surface area contributed by atoms with Gasteiger partial charge in [-0.15, -0.1) is 0 Å². The van der Waals surface area contributed by atoms with Crippen molar-refractivity contribution in [2.24, 2.45) is 0 Å². The lowest BCUT2D eigenvalue weighted by Crippen LogP contribution is -2.66. The molecule has 0 spiro atoms. The highest BCUT2D eigenvalue weighted by atomic mass is 32.1. The number of hydrogen-bond acceptors (Lipinski definition) is 2. The molecule has 0 heterocycles. The highest BCUT2D eigenvalue weighted by Gasteiger charge is 2.51. The van der Waals surface area contributed by atoms with E-state index in [1.165, 1.54) is 0 Å². The van der Waals surface area contributed by atoms with Crippen LogP contribution in [0.3, 0.4) is 0 Å². The van der Waals surface area contributed by atoms with Crippen molar-refractivity contribution < 1.29 is 0 Å². The first-order valence-electron chi connectivity index (χ1n) is 4.68. The highest BCUT2D eigenvalue weighted by Crippen LogP contribution is 2.38. The molecule has 0 saturated heterocycles. The fourth-order valence-corrected chi connectivity index (χ4v) is 15.1. The summed E-state index contributed by atoms with van der Waals surface area (Å²) in [5, 5.41) is 0. The summed E-state index contributed by atoms with van der Waals surface area (Å²) in [4.78, 5) is 1.11. The zero-order chi connectivity index (χ0) is 11.1. The molecule has 0 atom stereocenters. The van der Waals surface area contributed by atoms with Gasteiger partial charge in [0, 0.05) is 3.99 Å². The van der Waals surface area contributed by atoms with Gasteiger partial charge in [-0.2, -0.15) is 12.6 Å². The van der Waals surface area contributed by atoms with Gasteiger partial charge in [-0.05, 0) is 11.8 Å². The van der Waals surface area contributed by atoms with Crippen LogP contribution in [-0.4, -0.2) is 25.0 Å². The van der Waals surface area contributed by atoms with Crippen LogP contribution in [0.2, 0.25) is 39.3 Å². The van der Waals surface area contributed by atoms with Crippen LogP contribution in [0.15, 0.2) is 0 Å². The van der Waals surface area contributed by atoms with E-state index in [4.69, 9.17) is 24.8 Å². The lowest BCUT2D eigenvalue weighted by Gasteiger charge is -2.48. The molecule has 0 aliphatic carbocycles. The second kappa shape index (κ2) is 3.79. The van der Waals surface area contributed by atoms with E-state index in [2.05, 4.69) is 46.2 Å². The number of thiol groups is 1. The standard InChI is InChI=1S/C9H22S2Si2/c1-8(10)9(11,12(2,3)4)13(5,6)7/h11H,1-7H3. The predicted molar refractivity (Wildman–Crippen MR) is 76.7 cm³/mol. The minimum Gasteiger partial charge on any atom is -0.174 e. The Bertz CT molecular complexity index is 197. The van der Waals surface area contributed by atoms with Crippen LogP contribution in [0, 0.1) is 0 Å². The molecule has 0 saturated carbocycles. The fourth-order valence-electron chi connectivity index (χ4n) is 2.18. The van der Waals surface area contributed by atoms with E-state index in [9.17, 15) is 0 Å². The normalized spacial score (nSPS) is 14.5. The van der Waals surface area contributed by atoms with Crippen molar-refractivity contribution >= 4 is 45.9 Å². The van der Waals surface area contributed by atoms with Crippen LogP contribution in [0.5, 0.6) is 0 Å². The summed E-state index contributed by atoms with van der Waals surface area (Å²) in [6.45, 7) is 16.3. The van der Waals surface area contributed by atoms with Crippen LogP contribution < -0.4 is 0 Å². The Morgan fingerprint density at radius 2 is 1.23 bits per heavy atom. The summed E-state index contributed by atoms with van der Waals surface area (Å²) < 4.78 is 0.0787. The van der Waals surface area contributed by atoms with Gasteiger partial charge in [0.25, 0.3) is 0 Å². The lowest BCUT2D eigenvalue weighted by molar-refractivity contribution is 1.32. The first kappa shape index (κ1) is 13.9. The first-order valence-corrected chi connectivity index (χ1v) is 12.5. The van der Waals surface area contributed by atoms with E-state index >= 15 is 0 Å². The molecule has 78 valence electrons. The molecule has 0 aliphatic heterocycles. The Labute approximate surface area is 95.9 Å². The average Bonchev–Trinajstić information content (AvgIpc) is 1.80. The third-order valence-corrected chi connectivity index (χ3v) is 17.5. The van der Waals surface area contributed by atoms with Crippen LogP contribution in [-0.2, 0) is 0 Å². The van der Waals surface area contributed by atoms with E-state index in [0.29, 0.717) is 0 Å². The maximum atomic E-state index is 5.42. The van der Waals surface area contributed by atoms with Crippen molar-refractivity contribution in [3.8, 4) is 0 Å². The molecule has 13 heavy (non-hydrogen) atoms. The topological polar surface area (TPSA) is 0 Å². The van der Waals surface area contributed by atoms with Crippen molar-refractivity contribution in [1.29, 1.82) is 0 Å². The van der Waals surface area contributed by atoms with Gasteiger partial charge in [0.1, 0.15) is 0 Å². The molecule has 0 radical (unpaired) electrons. The molecule has 0 amide bonds. The Hall–Kier alpha value is 0.874. The molecule has 0 bridgehead atoms. The van der Waals surface area contributed by atoms with Gasteiger partial charge >= 0.3 is 0 Å². The summed E-state index contributed by atoms with van der Waals surface area (Å²) in [6.07, 6.45) is 0. The third-order valence-electron chi connectivity index (χ3n) is 2.68. The molecule has 0 aliphatic rings. The summed E-state index contributed by atoms with van der Waals surface area (Å²) >= 11 is 10.4. The van der Waals surface area contributed by atoms with Gasteiger partial charge in [0.05, 0.1) is 16.1 Å². The SMILES string of the molecule is CC(=S)C(S)([Si](C)(C)C)[Si](C)(C)C. The first-order chi connectivity index (χ1) is 5.44. The third kappa shape index (κ3) is 2.46. The monoisotopic (exact) mass is 250 g/mol. The van der Waals surface area contributed by atoms with E-state index in [-0.39, 0.29) is 3.99 Å². The maximum Gasteiger partial charge on any atom is 0.0649 e. The molecule has 0 aromatic heterocycles. The quantitative estimate of drug-likeness (QED) is 0.452. The molecule has 0 rings (SSSR count). The van der Waals surface area contributed by atoms with Crippen molar-refractivity contribution in [2.75, 3.05) is 0 Å². The van der Waals surface area contributed by atoms with Crippen molar-refractivity contribution in [1.82, 2.24) is 0 Å². The van der Waals surface area contributed by atoms with Gasteiger partial charge in [-0.25, -0.2) is 0 Å². The lowest BCUT2D eigenvalue weighted by atomic mass is 10.5. The van der Waals surface area contributed by atoms with Crippen molar-refractivity contribution in [3.63, 3.8) is 0 Å². The second-order valence-corrected chi connectivity index (χ2v) is 18.9.